The van der Waals surface area contributed by atoms with Crippen LogP contribution in [-0.4, -0.2) is 10.7 Å². The summed E-state index contributed by atoms with van der Waals surface area (Å²) in [5.74, 6) is 0.476. The molecule has 102 valence electrons. The molecule has 0 aliphatic heterocycles. The molecular formula is C16H17N3S. The van der Waals surface area contributed by atoms with Crippen molar-refractivity contribution in [2.24, 2.45) is 5.73 Å². The summed E-state index contributed by atoms with van der Waals surface area (Å²) in [6.45, 7) is 4.00. The Morgan fingerprint density at radius 3 is 2.55 bits per heavy atom. The van der Waals surface area contributed by atoms with E-state index in [2.05, 4.69) is 11.1 Å². The summed E-state index contributed by atoms with van der Waals surface area (Å²) in [5, 5.41) is 10.3. The van der Waals surface area contributed by atoms with Crippen LogP contribution in [0.1, 0.15) is 16.8 Å². The predicted molar refractivity (Wildman–Crippen MR) is 82.4 cm³/mol. The highest BCUT2D eigenvalue weighted by Crippen LogP contribution is 2.27. The fourth-order valence-electron chi connectivity index (χ4n) is 1.98. The van der Waals surface area contributed by atoms with Crippen LogP contribution < -0.4 is 5.73 Å². The SMILES string of the molecule is Cc1cc(C)nc(SCC(N)(C#N)c2ccccc2)c1. The molecule has 4 heteroatoms. The van der Waals surface area contributed by atoms with E-state index in [0.29, 0.717) is 5.75 Å². The Labute approximate surface area is 123 Å². The molecule has 1 heterocycles. The van der Waals surface area contributed by atoms with Gasteiger partial charge in [0.15, 0.2) is 0 Å². The molecule has 1 atom stereocenters. The molecule has 3 nitrogen and oxygen atoms in total. The molecule has 0 amide bonds. The summed E-state index contributed by atoms with van der Waals surface area (Å²) >= 11 is 1.52. The van der Waals surface area contributed by atoms with Gasteiger partial charge < -0.3 is 5.73 Å². The van der Waals surface area contributed by atoms with Crippen molar-refractivity contribution in [3.05, 3.63) is 59.3 Å². The Balaban J connectivity index is 2.17. The number of nitrogens with two attached hydrogens (primary N) is 1. The molecule has 0 saturated heterocycles. The van der Waals surface area contributed by atoms with E-state index < -0.39 is 5.54 Å². The summed E-state index contributed by atoms with van der Waals surface area (Å²) in [6, 6.07) is 15.8. The molecule has 2 aromatic rings. The zero-order chi connectivity index (χ0) is 14.6. The van der Waals surface area contributed by atoms with Crippen molar-refractivity contribution < 1.29 is 0 Å². The quantitative estimate of drug-likeness (QED) is 0.875. The molecule has 1 unspecified atom stereocenters. The van der Waals surface area contributed by atoms with Crippen LogP contribution in [0.4, 0.5) is 0 Å². The van der Waals surface area contributed by atoms with Gasteiger partial charge in [0, 0.05) is 11.4 Å². The van der Waals surface area contributed by atoms with Gasteiger partial charge in [-0.2, -0.15) is 5.26 Å². The first-order valence-electron chi connectivity index (χ1n) is 6.37. The number of hydrogen-bond acceptors (Lipinski definition) is 4. The second-order valence-electron chi connectivity index (χ2n) is 4.86. The maximum atomic E-state index is 9.42. The van der Waals surface area contributed by atoms with Gasteiger partial charge in [0.1, 0.15) is 5.54 Å². The van der Waals surface area contributed by atoms with E-state index in [1.165, 1.54) is 17.3 Å². The lowest BCUT2D eigenvalue weighted by molar-refractivity contribution is 0.658. The highest BCUT2D eigenvalue weighted by molar-refractivity contribution is 7.99. The van der Waals surface area contributed by atoms with Crippen LogP contribution in [0.15, 0.2) is 47.5 Å². The number of rotatable bonds is 4. The standard InChI is InChI=1S/C16H17N3S/c1-12-8-13(2)19-15(9-12)20-11-16(18,10-17)14-6-4-3-5-7-14/h3-9H,11,18H2,1-2H3. The molecule has 0 aliphatic carbocycles. The van der Waals surface area contributed by atoms with Gasteiger partial charge in [0.05, 0.1) is 11.1 Å². The van der Waals surface area contributed by atoms with Gasteiger partial charge in [-0.25, -0.2) is 4.98 Å². The van der Waals surface area contributed by atoms with Crippen molar-refractivity contribution in [2.75, 3.05) is 5.75 Å². The summed E-state index contributed by atoms with van der Waals surface area (Å²) in [5.41, 5.74) is 8.22. The molecule has 0 radical (unpaired) electrons. The van der Waals surface area contributed by atoms with E-state index in [1.807, 2.05) is 56.3 Å². The van der Waals surface area contributed by atoms with Gasteiger partial charge in [0.2, 0.25) is 0 Å². The second kappa shape index (κ2) is 6.08. The topological polar surface area (TPSA) is 62.7 Å². The molecular weight excluding hydrogens is 266 g/mol. The summed E-state index contributed by atoms with van der Waals surface area (Å²) in [6.07, 6.45) is 0. The first kappa shape index (κ1) is 14.6. The maximum Gasteiger partial charge on any atom is 0.139 e. The minimum atomic E-state index is -0.995. The average Bonchev–Trinajstić information content (AvgIpc) is 2.45. The number of hydrogen-bond donors (Lipinski definition) is 1. The molecule has 0 fully saturated rings. The summed E-state index contributed by atoms with van der Waals surface area (Å²) < 4.78 is 0. The van der Waals surface area contributed by atoms with E-state index in [4.69, 9.17) is 5.73 Å². The van der Waals surface area contributed by atoms with E-state index >= 15 is 0 Å². The molecule has 1 aromatic heterocycles. The van der Waals surface area contributed by atoms with E-state index in [0.717, 1.165) is 16.3 Å². The van der Waals surface area contributed by atoms with E-state index in [-0.39, 0.29) is 0 Å². The van der Waals surface area contributed by atoms with Crippen LogP contribution in [-0.2, 0) is 5.54 Å². The lowest BCUT2D eigenvalue weighted by Crippen LogP contribution is -2.37. The van der Waals surface area contributed by atoms with Crippen molar-refractivity contribution in [3.63, 3.8) is 0 Å². The first-order chi connectivity index (χ1) is 9.53. The third kappa shape index (κ3) is 3.38. The van der Waals surface area contributed by atoms with Crippen LogP contribution >= 0.6 is 11.8 Å². The largest absolute Gasteiger partial charge is 0.309 e. The van der Waals surface area contributed by atoms with E-state index in [1.54, 1.807) is 0 Å². The first-order valence-corrected chi connectivity index (χ1v) is 7.36. The van der Waals surface area contributed by atoms with Crippen LogP contribution in [0.3, 0.4) is 0 Å². The number of pyridine rings is 1. The van der Waals surface area contributed by atoms with Gasteiger partial charge in [-0.05, 0) is 37.1 Å². The van der Waals surface area contributed by atoms with Crippen LogP contribution in [0.2, 0.25) is 0 Å². The minimum absolute atomic E-state index is 0.476. The zero-order valence-electron chi connectivity index (χ0n) is 11.6. The normalized spacial score (nSPS) is 13.5. The number of thioether (sulfide) groups is 1. The molecule has 0 saturated carbocycles. The van der Waals surface area contributed by atoms with Gasteiger partial charge in [-0.3, -0.25) is 0 Å². The number of nitrogens with zero attached hydrogens (tertiary/aromatic N) is 2. The number of benzene rings is 1. The lowest BCUT2D eigenvalue weighted by Gasteiger charge is -2.21. The van der Waals surface area contributed by atoms with Crippen LogP contribution in [0.25, 0.3) is 0 Å². The van der Waals surface area contributed by atoms with Crippen molar-refractivity contribution in [1.82, 2.24) is 4.98 Å². The Hall–Kier alpha value is -1.83. The number of aromatic nitrogens is 1. The highest BCUT2D eigenvalue weighted by Gasteiger charge is 2.27. The van der Waals surface area contributed by atoms with Crippen molar-refractivity contribution in [3.8, 4) is 6.07 Å². The second-order valence-corrected chi connectivity index (χ2v) is 5.86. The Bertz CT molecular complexity index is 614. The van der Waals surface area contributed by atoms with Crippen molar-refractivity contribution in [2.45, 2.75) is 24.4 Å². The Morgan fingerprint density at radius 1 is 1.25 bits per heavy atom. The van der Waals surface area contributed by atoms with Gasteiger partial charge in [-0.1, -0.05) is 30.3 Å². The van der Waals surface area contributed by atoms with Gasteiger partial charge in [-0.15, -0.1) is 11.8 Å². The molecule has 2 N–H and O–H groups in total. The van der Waals surface area contributed by atoms with Crippen molar-refractivity contribution >= 4 is 11.8 Å². The number of aryl methyl sites for hydroxylation is 2. The predicted octanol–water partition coefficient (Wildman–Crippen LogP) is 3.17. The third-order valence-corrected chi connectivity index (χ3v) is 4.11. The molecule has 0 spiro atoms. The molecule has 1 aromatic carbocycles. The van der Waals surface area contributed by atoms with E-state index in [9.17, 15) is 5.26 Å². The molecule has 0 aliphatic rings. The van der Waals surface area contributed by atoms with Crippen LogP contribution in [0.5, 0.6) is 0 Å². The maximum absolute atomic E-state index is 9.42. The number of nitriles is 1. The highest BCUT2D eigenvalue weighted by atomic mass is 32.2. The molecule has 2 rings (SSSR count). The minimum Gasteiger partial charge on any atom is -0.309 e. The lowest BCUT2D eigenvalue weighted by atomic mass is 9.95. The fraction of sp³-hybridized carbons (Fsp3) is 0.250. The Morgan fingerprint density at radius 2 is 1.95 bits per heavy atom. The molecule has 20 heavy (non-hydrogen) atoms. The molecule has 0 bridgehead atoms. The summed E-state index contributed by atoms with van der Waals surface area (Å²) in [7, 11) is 0. The van der Waals surface area contributed by atoms with Gasteiger partial charge in [0.25, 0.3) is 0 Å². The average molecular weight is 283 g/mol. The third-order valence-electron chi connectivity index (χ3n) is 3.01. The van der Waals surface area contributed by atoms with Crippen LogP contribution in [0, 0.1) is 25.2 Å². The fourth-order valence-corrected chi connectivity index (χ4v) is 3.07. The summed E-state index contributed by atoms with van der Waals surface area (Å²) in [4.78, 5) is 4.46. The smallest absolute Gasteiger partial charge is 0.139 e. The Kier molecular flexibility index (Phi) is 4.43. The monoisotopic (exact) mass is 283 g/mol. The van der Waals surface area contributed by atoms with Crippen molar-refractivity contribution in [1.29, 1.82) is 5.26 Å². The zero-order valence-corrected chi connectivity index (χ0v) is 12.4. The van der Waals surface area contributed by atoms with Gasteiger partial charge >= 0.3 is 0 Å².